The van der Waals surface area contributed by atoms with Crippen LogP contribution < -0.4 is 10.6 Å². The molecule has 0 radical (unpaired) electrons. The van der Waals surface area contributed by atoms with Gasteiger partial charge >= 0.3 is 0 Å². The van der Waals surface area contributed by atoms with Crippen molar-refractivity contribution >= 4 is 5.96 Å². The van der Waals surface area contributed by atoms with Gasteiger partial charge in [0.1, 0.15) is 0 Å². The quantitative estimate of drug-likeness (QED) is 0.395. The summed E-state index contributed by atoms with van der Waals surface area (Å²) in [7, 11) is 3.80. The maximum Gasteiger partial charge on any atom is 0.191 e. The Labute approximate surface area is 157 Å². The van der Waals surface area contributed by atoms with Crippen molar-refractivity contribution in [3.8, 4) is 0 Å². The normalized spacial score (nSPS) is 19.0. The number of nitrogens with one attached hydrogen (secondary N) is 2. The molecule has 0 saturated carbocycles. The SMILES string of the molecule is CN=C(NCCCOCC1CCOC1)NC(C)Cc1c(C)nn(C)c1C. The van der Waals surface area contributed by atoms with Gasteiger partial charge in [-0.1, -0.05) is 0 Å². The summed E-state index contributed by atoms with van der Waals surface area (Å²) < 4.78 is 13.0. The highest BCUT2D eigenvalue weighted by molar-refractivity contribution is 5.79. The Balaban J connectivity index is 1.63. The first-order chi connectivity index (χ1) is 12.5. The molecule has 0 aliphatic carbocycles. The van der Waals surface area contributed by atoms with Crippen molar-refractivity contribution in [3.63, 3.8) is 0 Å². The lowest BCUT2D eigenvalue weighted by atomic mass is 10.1. The van der Waals surface area contributed by atoms with E-state index >= 15 is 0 Å². The van der Waals surface area contributed by atoms with Gasteiger partial charge in [0.05, 0.1) is 18.9 Å². The van der Waals surface area contributed by atoms with Crippen molar-refractivity contribution in [2.45, 2.75) is 46.1 Å². The summed E-state index contributed by atoms with van der Waals surface area (Å²) in [5, 5.41) is 11.3. The van der Waals surface area contributed by atoms with E-state index in [9.17, 15) is 0 Å². The van der Waals surface area contributed by atoms with Crippen LogP contribution in [0.4, 0.5) is 0 Å². The molecule has 1 aliphatic heterocycles. The molecular formula is C19H35N5O2. The summed E-state index contributed by atoms with van der Waals surface area (Å²) in [4.78, 5) is 4.32. The third kappa shape index (κ3) is 6.29. The maximum atomic E-state index is 5.73. The molecule has 7 nitrogen and oxygen atoms in total. The number of nitrogens with zero attached hydrogens (tertiary/aromatic N) is 3. The molecule has 0 spiro atoms. The van der Waals surface area contributed by atoms with Gasteiger partial charge in [-0.3, -0.25) is 9.67 Å². The lowest BCUT2D eigenvalue weighted by Crippen LogP contribution is -2.43. The van der Waals surface area contributed by atoms with Crippen molar-refractivity contribution in [2.75, 3.05) is 40.0 Å². The summed E-state index contributed by atoms with van der Waals surface area (Å²) in [6.45, 7) is 10.5. The van der Waals surface area contributed by atoms with E-state index in [0.717, 1.165) is 63.9 Å². The minimum absolute atomic E-state index is 0.279. The topological polar surface area (TPSA) is 72.7 Å². The maximum absolute atomic E-state index is 5.73. The average Bonchev–Trinajstić information content (AvgIpc) is 3.21. The van der Waals surface area contributed by atoms with Gasteiger partial charge in [0.2, 0.25) is 0 Å². The van der Waals surface area contributed by atoms with Crippen LogP contribution in [0.3, 0.4) is 0 Å². The molecule has 2 atom stereocenters. The van der Waals surface area contributed by atoms with Crippen LogP contribution in [0.25, 0.3) is 0 Å². The van der Waals surface area contributed by atoms with E-state index in [4.69, 9.17) is 9.47 Å². The summed E-state index contributed by atoms with van der Waals surface area (Å²) >= 11 is 0. The van der Waals surface area contributed by atoms with Crippen molar-refractivity contribution < 1.29 is 9.47 Å². The van der Waals surface area contributed by atoms with Crippen molar-refractivity contribution in [1.29, 1.82) is 0 Å². The van der Waals surface area contributed by atoms with E-state index in [1.54, 1.807) is 7.05 Å². The zero-order chi connectivity index (χ0) is 18.9. The summed E-state index contributed by atoms with van der Waals surface area (Å²) in [6.07, 6.45) is 3.02. The molecule has 1 aromatic heterocycles. The Kier molecular flexibility index (Phi) is 8.38. The molecule has 2 N–H and O–H groups in total. The lowest BCUT2D eigenvalue weighted by molar-refractivity contribution is 0.0888. The Bertz CT molecular complexity index is 579. The lowest BCUT2D eigenvalue weighted by Gasteiger charge is -2.18. The predicted octanol–water partition coefficient (Wildman–Crippen LogP) is 1.58. The van der Waals surface area contributed by atoms with Gasteiger partial charge in [-0.2, -0.15) is 5.10 Å². The number of hydrogen-bond acceptors (Lipinski definition) is 4. The first kappa shape index (κ1) is 20.7. The van der Waals surface area contributed by atoms with Gasteiger partial charge in [0, 0.05) is 51.5 Å². The first-order valence-electron chi connectivity index (χ1n) is 9.63. The number of ether oxygens (including phenoxy) is 2. The van der Waals surface area contributed by atoms with E-state index in [1.165, 1.54) is 11.3 Å². The number of aliphatic imine (C=N–C) groups is 1. The number of rotatable bonds is 9. The van der Waals surface area contributed by atoms with E-state index < -0.39 is 0 Å². The molecule has 148 valence electrons. The summed E-state index contributed by atoms with van der Waals surface area (Å²) in [5.74, 6) is 1.42. The second-order valence-corrected chi connectivity index (χ2v) is 7.18. The summed E-state index contributed by atoms with van der Waals surface area (Å²) in [5.41, 5.74) is 3.64. The fourth-order valence-corrected chi connectivity index (χ4v) is 3.24. The van der Waals surface area contributed by atoms with Crippen LogP contribution in [0, 0.1) is 19.8 Å². The molecular weight excluding hydrogens is 330 g/mol. The van der Waals surface area contributed by atoms with Gasteiger partial charge in [-0.15, -0.1) is 0 Å². The highest BCUT2D eigenvalue weighted by Gasteiger charge is 2.15. The predicted molar refractivity (Wildman–Crippen MR) is 105 cm³/mol. The van der Waals surface area contributed by atoms with Gasteiger partial charge in [0.25, 0.3) is 0 Å². The molecule has 1 aliphatic rings. The largest absolute Gasteiger partial charge is 0.381 e. The smallest absolute Gasteiger partial charge is 0.191 e. The van der Waals surface area contributed by atoms with Crippen LogP contribution in [0.5, 0.6) is 0 Å². The molecule has 1 saturated heterocycles. The van der Waals surface area contributed by atoms with Gasteiger partial charge in [0.15, 0.2) is 5.96 Å². The molecule has 2 rings (SSSR count). The molecule has 2 heterocycles. The van der Waals surface area contributed by atoms with Crippen LogP contribution in [-0.2, 0) is 22.9 Å². The van der Waals surface area contributed by atoms with E-state index in [1.807, 2.05) is 11.7 Å². The van der Waals surface area contributed by atoms with Crippen LogP contribution in [0.2, 0.25) is 0 Å². The fraction of sp³-hybridized carbons (Fsp3) is 0.789. The second-order valence-electron chi connectivity index (χ2n) is 7.18. The van der Waals surface area contributed by atoms with Crippen molar-refractivity contribution in [1.82, 2.24) is 20.4 Å². The van der Waals surface area contributed by atoms with Crippen LogP contribution in [0.1, 0.15) is 36.7 Å². The van der Waals surface area contributed by atoms with Crippen LogP contribution in [0.15, 0.2) is 4.99 Å². The molecule has 0 bridgehead atoms. The number of hydrogen-bond donors (Lipinski definition) is 2. The van der Waals surface area contributed by atoms with Crippen molar-refractivity contribution in [3.05, 3.63) is 17.0 Å². The third-order valence-corrected chi connectivity index (χ3v) is 4.91. The zero-order valence-electron chi connectivity index (χ0n) is 17.0. The molecule has 1 aromatic rings. The second kappa shape index (κ2) is 10.5. The number of aryl methyl sites for hydroxylation is 2. The Morgan fingerprint density at radius 2 is 2.27 bits per heavy atom. The van der Waals surface area contributed by atoms with Crippen molar-refractivity contribution in [2.24, 2.45) is 18.0 Å². The number of guanidine groups is 1. The first-order valence-corrected chi connectivity index (χ1v) is 9.63. The third-order valence-electron chi connectivity index (χ3n) is 4.91. The number of aromatic nitrogens is 2. The molecule has 2 unspecified atom stereocenters. The molecule has 0 aromatic carbocycles. The van der Waals surface area contributed by atoms with Gasteiger partial charge in [-0.25, -0.2) is 0 Å². The highest BCUT2D eigenvalue weighted by Crippen LogP contribution is 2.14. The summed E-state index contributed by atoms with van der Waals surface area (Å²) in [6, 6.07) is 0.279. The highest BCUT2D eigenvalue weighted by atomic mass is 16.5. The minimum atomic E-state index is 0.279. The van der Waals surface area contributed by atoms with E-state index in [-0.39, 0.29) is 6.04 Å². The van der Waals surface area contributed by atoms with E-state index in [2.05, 4.69) is 41.5 Å². The average molecular weight is 366 g/mol. The standard InChI is InChI=1S/C19H35N5O2/c1-14(11-18-15(2)23-24(5)16(18)3)22-19(20-4)21-8-6-9-25-12-17-7-10-26-13-17/h14,17H,6-13H2,1-5H3,(H2,20,21,22). The fourth-order valence-electron chi connectivity index (χ4n) is 3.24. The molecule has 26 heavy (non-hydrogen) atoms. The minimum Gasteiger partial charge on any atom is -0.381 e. The van der Waals surface area contributed by atoms with E-state index in [0.29, 0.717) is 5.92 Å². The Morgan fingerprint density at radius 3 is 2.88 bits per heavy atom. The molecule has 1 fully saturated rings. The molecule has 7 heteroatoms. The zero-order valence-corrected chi connectivity index (χ0v) is 17.0. The molecule has 0 amide bonds. The Morgan fingerprint density at radius 1 is 1.46 bits per heavy atom. The Hall–Kier alpha value is -1.60. The van der Waals surface area contributed by atoms with Crippen LogP contribution in [-0.4, -0.2) is 61.8 Å². The van der Waals surface area contributed by atoms with Gasteiger partial charge in [-0.05, 0) is 45.6 Å². The van der Waals surface area contributed by atoms with Crippen LogP contribution >= 0.6 is 0 Å². The monoisotopic (exact) mass is 365 g/mol. The van der Waals surface area contributed by atoms with Gasteiger partial charge < -0.3 is 20.1 Å².